The largest absolute Gasteiger partial charge is 0.480 e. The molecule has 6 N–H and O–H groups in total. The molecule has 0 aliphatic heterocycles. The van der Waals surface area contributed by atoms with Crippen LogP contribution in [-0.4, -0.2) is 64.1 Å². The van der Waals surface area contributed by atoms with Crippen LogP contribution in [-0.2, 0) is 19.2 Å². The molecule has 0 spiro atoms. The van der Waals surface area contributed by atoms with Gasteiger partial charge in [0.25, 0.3) is 0 Å². The van der Waals surface area contributed by atoms with Gasteiger partial charge in [0.15, 0.2) is 0 Å². The van der Waals surface area contributed by atoms with Gasteiger partial charge in [0.05, 0.1) is 0 Å². The van der Waals surface area contributed by atoms with Crippen molar-refractivity contribution < 1.29 is 29.4 Å². The van der Waals surface area contributed by atoms with Crippen molar-refractivity contribution in [3.63, 3.8) is 0 Å². The third-order valence-electron chi connectivity index (χ3n) is 2.65. The first-order valence-electron chi connectivity index (χ1n) is 6.88. The first-order chi connectivity index (χ1) is 11.3. The van der Waals surface area contributed by atoms with Crippen LogP contribution in [0.5, 0.6) is 0 Å². The van der Waals surface area contributed by atoms with Gasteiger partial charge in [-0.15, -0.1) is 0 Å². The van der Waals surface area contributed by atoms with Gasteiger partial charge in [-0.25, -0.2) is 0 Å². The Kier molecular flexibility index (Phi) is 11.7. The fourth-order valence-electron chi connectivity index (χ4n) is 1.44. The highest BCUT2D eigenvalue weighted by Gasteiger charge is 2.22. The van der Waals surface area contributed by atoms with Crippen molar-refractivity contribution >= 4 is 47.1 Å². The van der Waals surface area contributed by atoms with Crippen LogP contribution in [0.3, 0.4) is 0 Å². The topological polar surface area (TPSA) is 159 Å². The van der Waals surface area contributed by atoms with Crippen LogP contribution in [0.2, 0.25) is 0 Å². The lowest BCUT2D eigenvalue weighted by Gasteiger charge is -2.18. The minimum atomic E-state index is -1.22. The summed E-state index contributed by atoms with van der Waals surface area (Å²) >= 11 is 6.68. The first-order valence-corrected chi connectivity index (χ1v) is 8.47. The number of carboxylic acids is 2. The molecule has 2 amide bonds. The second-order valence-electron chi connectivity index (χ2n) is 4.61. The molecule has 24 heavy (non-hydrogen) atoms. The highest BCUT2D eigenvalue weighted by molar-refractivity contribution is 7.99. The van der Waals surface area contributed by atoms with Crippen LogP contribution >= 0.6 is 23.4 Å². The molecule has 0 aromatic heterocycles. The molecule has 0 aromatic rings. The molecule has 0 saturated heterocycles. The minimum Gasteiger partial charge on any atom is -0.480 e. The van der Waals surface area contributed by atoms with Gasteiger partial charge < -0.3 is 26.6 Å². The number of carboxylic acid groups (broad SMARTS) is 2. The molecule has 0 bridgehead atoms. The Balaban J connectivity index is 4.54. The zero-order valence-electron chi connectivity index (χ0n) is 12.7. The Hall–Kier alpha value is -1.78. The highest BCUT2D eigenvalue weighted by Crippen LogP contribution is 2.05. The highest BCUT2D eigenvalue weighted by atomic mass is 35.5. The summed E-state index contributed by atoms with van der Waals surface area (Å²) in [5.74, 6) is -2.91. The number of aliphatic carboxylic acids is 2. The third kappa shape index (κ3) is 10.9. The van der Waals surface area contributed by atoms with Crippen molar-refractivity contribution in [1.29, 1.82) is 0 Å². The second kappa shape index (κ2) is 12.6. The SMILES string of the molecule is NC(CCC(=O)NC(CSC/C=C\Cl)C(=O)NCC(=O)O)C(=O)O. The maximum Gasteiger partial charge on any atom is 0.322 e. The van der Waals surface area contributed by atoms with Crippen molar-refractivity contribution in [2.45, 2.75) is 24.9 Å². The van der Waals surface area contributed by atoms with Crippen molar-refractivity contribution in [2.75, 3.05) is 18.1 Å². The Morgan fingerprint density at radius 2 is 1.92 bits per heavy atom. The summed E-state index contributed by atoms with van der Waals surface area (Å²) in [6, 6.07) is -2.12. The molecule has 0 aromatic carbocycles. The van der Waals surface area contributed by atoms with Crippen LogP contribution in [0.25, 0.3) is 0 Å². The summed E-state index contributed by atoms with van der Waals surface area (Å²) in [4.78, 5) is 44.8. The maximum atomic E-state index is 11.9. The van der Waals surface area contributed by atoms with E-state index in [1.807, 2.05) is 0 Å². The number of thioether (sulfide) groups is 1. The predicted molar refractivity (Wildman–Crippen MR) is 89.7 cm³/mol. The van der Waals surface area contributed by atoms with Gasteiger partial charge >= 0.3 is 11.9 Å². The molecule has 0 aliphatic carbocycles. The summed E-state index contributed by atoms with van der Waals surface area (Å²) in [5, 5.41) is 21.8. The van der Waals surface area contributed by atoms with Crippen LogP contribution in [0.15, 0.2) is 11.6 Å². The number of halogens is 1. The molecule has 0 fully saturated rings. The van der Waals surface area contributed by atoms with Gasteiger partial charge in [-0.1, -0.05) is 17.7 Å². The van der Waals surface area contributed by atoms with E-state index in [-0.39, 0.29) is 18.6 Å². The molecule has 0 radical (unpaired) electrons. The molecular weight excluding hydrogens is 362 g/mol. The van der Waals surface area contributed by atoms with E-state index in [9.17, 15) is 19.2 Å². The van der Waals surface area contributed by atoms with Crippen molar-refractivity contribution in [3.05, 3.63) is 11.6 Å². The summed E-state index contributed by atoms with van der Waals surface area (Å²) in [5.41, 5.74) is 6.62. The second-order valence-corrected chi connectivity index (χ2v) is 5.94. The number of rotatable bonds is 12. The third-order valence-corrected chi connectivity index (χ3v) is 3.83. The van der Waals surface area contributed by atoms with Crippen molar-refractivity contribution in [3.8, 4) is 0 Å². The van der Waals surface area contributed by atoms with E-state index in [1.54, 1.807) is 6.08 Å². The number of hydrogen-bond acceptors (Lipinski definition) is 6. The van der Waals surface area contributed by atoms with Gasteiger partial charge in [0.1, 0.15) is 18.6 Å². The number of nitrogens with two attached hydrogens (primary N) is 1. The lowest BCUT2D eigenvalue weighted by Crippen LogP contribution is -2.49. The van der Waals surface area contributed by atoms with E-state index in [1.165, 1.54) is 17.3 Å². The van der Waals surface area contributed by atoms with Crippen LogP contribution < -0.4 is 16.4 Å². The van der Waals surface area contributed by atoms with Crippen molar-refractivity contribution in [1.82, 2.24) is 10.6 Å². The number of nitrogens with one attached hydrogen (secondary N) is 2. The Bertz CT molecular complexity index is 488. The fourth-order valence-corrected chi connectivity index (χ4v) is 2.47. The Labute approximate surface area is 148 Å². The number of hydrogen-bond donors (Lipinski definition) is 5. The van der Waals surface area contributed by atoms with Gasteiger partial charge in [0.2, 0.25) is 11.8 Å². The zero-order chi connectivity index (χ0) is 18.5. The molecule has 2 atom stereocenters. The van der Waals surface area contributed by atoms with Gasteiger partial charge in [0, 0.05) is 23.5 Å². The predicted octanol–water partition coefficient (Wildman–Crippen LogP) is -0.650. The van der Waals surface area contributed by atoms with E-state index in [4.69, 9.17) is 27.5 Å². The van der Waals surface area contributed by atoms with Crippen molar-refractivity contribution in [2.24, 2.45) is 5.73 Å². The van der Waals surface area contributed by atoms with Crippen LogP contribution in [0.4, 0.5) is 0 Å². The van der Waals surface area contributed by atoms with E-state index in [0.29, 0.717) is 5.75 Å². The molecule has 0 aliphatic rings. The molecule has 0 heterocycles. The fraction of sp³-hybridized carbons (Fsp3) is 0.538. The molecule has 136 valence electrons. The maximum absolute atomic E-state index is 11.9. The smallest absolute Gasteiger partial charge is 0.322 e. The number of amides is 2. The lowest BCUT2D eigenvalue weighted by molar-refractivity contribution is -0.139. The molecular formula is C13H20ClN3O6S. The number of carbonyl (C=O) groups is 4. The van der Waals surface area contributed by atoms with Crippen LogP contribution in [0.1, 0.15) is 12.8 Å². The molecule has 0 rings (SSSR count). The Morgan fingerprint density at radius 3 is 2.46 bits per heavy atom. The van der Waals surface area contributed by atoms with Gasteiger partial charge in [-0.2, -0.15) is 11.8 Å². The summed E-state index contributed by atoms with van der Waals surface area (Å²) in [6.45, 7) is -0.568. The quantitative estimate of drug-likeness (QED) is 0.279. The molecule has 2 unspecified atom stereocenters. The normalized spacial score (nSPS) is 13.2. The van der Waals surface area contributed by atoms with E-state index >= 15 is 0 Å². The average molecular weight is 382 g/mol. The van der Waals surface area contributed by atoms with E-state index < -0.39 is 42.4 Å². The number of carbonyl (C=O) groups excluding carboxylic acids is 2. The average Bonchev–Trinajstić information content (AvgIpc) is 2.52. The summed E-state index contributed by atoms with van der Waals surface area (Å²) in [6.07, 6.45) is 1.40. The lowest BCUT2D eigenvalue weighted by atomic mass is 10.1. The minimum absolute atomic E-state index is 0.0766. The van der Waals surface area contributed by atoms with Gasteiger partial charge in [-0.05, 0) is 6.42 Å². The van der Waals surface area contributed by atoms with E-state index in [2.05, 4.69) is 10.6 Å². The monoisotopic (exact) mass is 381 g/mol. The standard InChI is InChI=1S/C13H20ClN3O6S/c14-4-1-5-24-7-9(12(21)16-6-11(19)20)17-10(18)3-2-8(15)13(22)23/h1,4,8-9H,2-3,5-7,15H2,(H,16,21)(H,17,18)(H,19,20)(H,22,23)/b4-1-. The Morgan fingerprint density at radius 1 is 1.25 bits per heavy atom. The summed E-state index contributed by atoms with van der Waals surface area (Å²) < 4.78 is 0. The van der Waals surface area contributed by atoms with Crippen LogP contribution in [0, 0.1) is 0 Å². The zero-order valence-corrected chi connectivity index (χ0v) is 14.3. The van der Waals surface area contributed by atoms with E-state index in [0.717, 1.165) is 0 Å². The summed E-state index contributed by atoms with van der Waals surface area (Å²) in [7, 11) is 0. The molecule has 0 saturated carbocycles. The first kappa shape index (κ1) is 22.2. The van der Waals surface area contributed by atoms with Gasteiger partial charge in [-0.3, -0.25) is 19.2 Å². The molecule has 9 nitrogen and oxygen atoms in total. The molecule has 11 heteroatoms.